The standard InChI is InChI=1S/C25H28N6O3/c1-15-3-5-19-23(28-15)20(9-12-26-19)29-16(2)25(33)10-7-17(8-11-25)27-13-18-4-6-21-24(30-18)31-22(32)14-34-21/h3-6,9,12,17,27,33H,2,7-8,10-11,13-14H2,1H3,(H,26,29)(H,30,31,32)/t17-,25+. The van der Waals surface area contributed by atoms with E-state index in [1.807, 2.05) is 37.3 Å². The van der Waals surface area contributed by atoms with E-state index in [-0.39, 0.29) is 18.6 Å². The molecule has 4 N–H and O–H groups in total. The molecule has 9 nitrogen and oxygen atoms in total. The average Bonchev–Trinajstić information content (AvgIpc) is 2.84. The highest BCUT2D eigenvalue weighted by Crippen LogP contribution is 2.35. The van der Waals surface area contributed by atoms with E-state index in [1.165, 1.54) is 0 Å². The molecule has 1 aliphatic carbocycles. The summed E-state index contributed by atoms with van der Waals surface area (Å²) in [5.41, 5.74) is 3.66. The van der Waals surface area contributed by atoms with Crippen molar-refractivity contribution in [3.63, 3.8) is 0 Å². The van der Waals surface area contributed by atoms with Crippen LogP contribution < -0.4 is 20.7 Å². The first-order valence-corrected chi connectivity index (χ1v) is 11.5. The normalized spacial score (nSPS) is 21.9. The van der Waals surface area contributed by atoms with E-state index in [0.717, 1.165) is 41.0 Å². The van der Waals surface area contributed by atoms with Crippen LogP contribution in [0.1, 0.15) is 37.1 Å². The third kappa shape index (κ3) is 4.57. The molecule has 0 saturated heterocycles. The van der Waals surface area contributed by atoms with Crippen LogP contribution in [0.15, 0.2) is 48.8 Å². The minimum absolute atomic E-state index is 0.0188. The number of pyridine rings is 3. The molecule has 0 atom stereocenters. The Morgan fingerprint density at radius 3 is 2.88 bits per heavy atom. The van der Waals surface area contributed by atoms with Crippen LogP contribution in [-0.2, 0) is 11.3 Å². The lowest BCUT2D eigenvalue weighted by Crippen LogP contribution is -2.43. The van der Waals surface area contributed by atoms with E-state index >= 15 is 0 Å². The van der Waals surface area contributed by atoms with Crippen molar-refractivity contribution >= 4 is 28.4 Å². The maximum Gasteiger partial charge on any atom is 0.263 e. The number of aliphatic hydroxyl groups is 1. The first kappa shape index (κ1) is 22.2. The highest BCUT2D eigenvalue weighted by Gasteiger charge is 2.36. The molecule has 9 heteroatoms. The van der Waals surface area contributed by atoms with Crippen LogP contribution >= 0.6 is 0 Å². The molecule has 0 aromatic carbocycles. The molecular weight excluding hydrogens is 432 g/mol. The number of aromatic nitrogens is 3. The fourth-order valence-corrected chi connectivity index (χ4v) is 4.46. The number of aryl methyl sites for hydroxylation is 1. The Balaban J connectivity index is 1.18. The summed E-state index contributed by atoms with van der Waals surface area (Å²) in [6.07, 6.45) is 4.51. The quantitative estimate of drug-likeness (QED) is 0.443. The number of anilines is 2. The van der Waals surface area contributed by atoms with Crippen molar-refractivity contribution in [2.75, 3.05) is 17.2 Å². The van der Waals surface area contributed by atoms with Gasteiger partial charge in [0.15, 0.2) is 18.2 Å². The molecule has 1 aliphatic heterocycles. The SMILES string of the molecule is C=C(Nc1ccnc2ccc(C)nc12)[C@]1(O)CC[C@@H](NCc2ccc3c(n2)NC(=O)CO3)CC1. The maximum absolute atomic E-state index is 11.5. The number of ether oxygens (including phenoxy) is 1. The number of hydrogen-bond donors (Lipinski definition) is 4. The first-order chi connectivity index (χ1) is 16.4. The van der Waals surface area contributed by atoms with Gasteiger partial charge in [0.1, 0.15) is 11.1 Å². The van der Waals surface area contributed by atoms with Gasteiger partial charge in [-0.25, -0.2) is 9.97 Å². The second kappa shape index (κ2) is 9.00. The largest absolute Gasteiger partial charge is 0.480 e. The molecule has 4 heterocycles. The fraction of sp³-hybridized carbons (Fsp3) is 0.360. The predicted molar refractivity (Wildman–Crippen MR) is 129 cm³/mol. The lowest BCUT2D eigenvalue weighted by Gasteiger charge is -2.38. The smallest absolute Gasteiger partial charge is 0.263 e. The first-order valence-electron chi connectivity index (χ1n) is 11.5. The van der Waals surface area contributed by atoms with Gasteiger partial charge in [0.2, 0.25) is 0 Å². The van der Waals surface area contributed by atoms with E-state index in [1.54, 1.807) is 6.20 Å². The van der Waals surface area contributed by atoms with Gasteiger partial charge in [-0.05, 0) is 62.9 Å². The monoisotopic (exact) mass is 460 g/mol. The van der Waals surface area contributed by atoms with Crippen molar-refractivity contribution < 1.29 is 14.6 Å². The number of nitrogens with zero attached hydrogens (tertiary/aromatic N) is 3. The van der Waals surface area contributed by atoms with Crippen molar-refractivity contribution in [3.05, 3.63) is 60.2 Å². The van der Waals surface area contributed by atoms with Gasteiger partial charge >= 0.3 is 0 Å². The molecule has 1 amide bonds. The van der Waals surface area contributed by atoms with Gasteiger partial charge < -0.3 is 25.8 Å². The van der Waals surface area contributed by atoms with E-state index < -0.39 is 5.60 Å². The molecule has 0 spiro atoms. The van der Waals surface area contributed by atoms with Crippen molar-refractivity contribution in [3.8, 4) is 5.75 Å². The number of nitrogens with one attached hydrogen (secondary N) is 3. The number of carbonyl (C=O) groups excluding carboxylic acids is 1. The molecule has 2 aliphatic rings. The molecular formula is C25H28N6O3. The Morgan fingerprint density at radius 2 is 2.06 bits per heavy atom. The van der Waals surface area contributed by atoms with Crippen LogP contribution in [0.5, 0.6) is 5.75 Å². The van der Waals surface area contributed by atoms with E-state index in [9.17, 15) is 9.90 Å². The number of fused-ring (bicyclic) bond motifs is 2. The minimum Gasteiger partial charge on any atom is -0.480 e. The maximum atomic E-state index is 11.5. The fourth-order valence-electron chi connectivity index (χ4n) is 4.46. The molecule has 5 rings (SSSR count). The number of amides is 1. The number of hydrogen-bond acceptors (Lipinski definition) is 8. The second-order valence-corrected chi connectivity index (χ2v) is 8.96. The molecule has 0 radical (unpaired) electrons. The Kier molecular flexibility index (Phi) is 5.89. The number of carbonyl (C=O) groups is 1. The van der Waals surface area contributed by atoms with Crippen LogP contribution in [-0.4, -0.2) is 44.2 Å². The Bertz CT molecular complexity index is 1250. The van der Waals surface area contributed by atoms with Gasteiger partial charge in [-0.1, -0.05) is 6.58 Å². The number of rotatable bonds is 6. The predicted octanol–water partition coefficient (Wildman–Crippen LogP) is 3.05. The minimum atomic E-state index is -0.997. The summed E-state index contributed by atoms with van der Waals surface area (Å²) in [4.78, 5) is 25.0. The summed E-state index contributed by atoms with van der Waals surface area (Å²) in [5.74, 6) is 0.852. The van der Waals surface area contributed by atoms with Crippen LogP contribution in [0, 0.1) is 6.92 Å². The molecule has 3 aromatic heterocycles. The Hall–Kier alpha value is -3.56. The molecule has 3 aromatic rings. The molecule has 0 bridgehead atoms. The average molecular weight is 461 g/mol. The summed E-state index contributed by atoms with van der Waals surface area (Å²) in [6, 6.07) is 9.70. The van der Waals surface area contributed by atoms with E-state index in [0.29, 0.717) is 36.7 Å². The van der Waals surface area contributed by atoms with Crippen molar-refractivity contribution in [1.29, 1.82) is 0 Å². The highest BCUT2D eigenvalue weighted by atomic mass is 16.5. The van der Waals surface area contributed by atoms with Gasteiger partial charge in [0.25, 0.3) is 5.91 Å². The lowest BCUT2D eigenvalue weighted by molar-refractivity contribution is -0.118. The van der Waals surface area contributed by atoms with E-state index in [4.69, 9.17) is 4.74 Å². The third-order valence-corrected chi connectivity index (χ3v) is 6.49. The highest BCUT2D eigenvalue weighted by molar-refractivity contribution is 5.94. The van der Waals surface area contributed by atoms with Gasteiger partial charge in [-0.3, -0.25) is 9.78 Å². The van der Waals surface area contributed by atoms with Gasteiger partial charge in [0.05, 0.1) is 16.9 Å². The van der Waals surface area contributed by atoms with Crippen LogP contribution in [0.25, 0.3) is 11.0 Å². The van der Waals surface area contributed by atoms with Crippen molar-refractivity contribution in [2.24, 2.45) is 0 Å². The Labute approximate surface area is 197 Å². The van der Waals surface area contributed by atoms with Crippen molar-refractivity contribution in [1.82, 2.24) is 20.3 Å². The topological polar surface area (TPSA) is 121 Å². The summed E-state index contributed by atoms with van der Waals surface area (Å²) >= 11 is 0. The molecule has 1 saturated carbocycles. The zero-order chi connectivity index (χ0) is 23.7. The van der Waals surface area contributed by atoms with Gasteiger partial charge in [0, 0.05) is 30.2 Å². The summed E-state index contributed by atoms with van der Waals surface area (Å²) in [5, 5.41) is 20.9. The van der Waals surface area contributed by atoms with Crippen LogP contribution in [0.2, 0.25) is 0 Å². The second-order valence-electron chi connectivity index (χ2n) is 8.96. The molecule has 176 valence electrons. The lowest BCUT2D eigenvalue weighted by atomic mass is 9.80. The third-order valence-electron chi connectivity index (χ3n) is 6.49. The zero-order valence-corrected chi connectivity index (χ0v) is 19.1. The summed E-state index contributed by atoms with van der Waals surface area (Å²) in [6.45, 7) is 6.68. The Morgan fingerprint density at radius 1 is 1.24 bits per heavy atom. The van der Waals surface area contributed by atoms with E-state index in [2.05, 4.69) is 37.5 Å². The zero-order valence-electron chi connectivity index (χ0n) is 19.1. The molecule has 34 heavy (non-hydrogen) atoms. The molecule has 0 unspecified atom stereocenters. The van der Waals surface area contributed by atoms with Crippen LogP contribution in [0.4, 0.5) is 11.5 Å². The summed E-state index contributed by atoms with van der Waals surface area (Å²) < 4.78 is 5.36. The van der Waals surface area contributed by atoms with Gasteiger partial charge in [-0.2, -0.15) is 0 Å². The van der Waals surface area contributed by atoms with Crippen LogP contribution in [0.3, 0.4) is 0 Å². The summed E-state index contributed by atoms with van der Waals surface area (Å²) in [7, 11) is 0. The molecule has 1 fully saturated rings. The van der Waals surface area contributed by atoms with Gasteiger partial charge in [-0.15, -0.1) is 0 Å². The van der Waals surface area contributed by atoms with Crippen molar-refractivity contribution in [2.45, 2.75) is 50.8 Å².